The quantitative estimate of drug-likeness (QED) is 0.647. The molecule has 0 amide bonds. The minimum Gasteiger partial charge on any atom is -0.455 e. The van der Waals surface area contributed by atoms with Crippen LogP contribution in [0.2, 0.25) is 0 Å². The van der Waals surface area contributed by atoms with Crippen molar-refractivity contribution in [3.05, 3.63) is 23.8 Å². The van der Waals surface area contributed by atoms with Crippen LogP contribution in [0.25, 0.3) is 0 Å². The predicted octanol–water partition coefficient (Wildman–Crippen LogP) is 2.98. The fourth-order valence-corrected chi connectivity index (χ4v) is 5.16. The van der Waals surface area contributed by atoms with E-state index in [0.717, 1.165) is 37.0 Å². The standard InChI is InChI=1S/C17H22N2O2/c18-13-1-2-15(19)14(6-13)16(20)21-17-7-10-3-11(8-17)5-12(4-10)9-17/h1-2,6,10-12H,3-5,7-9,18-19H2. The van der Waals surface area contributed by atoms with Crippen LogP contribution in [0.3, 0.4) is 0 Å². The van der Waals surface area contributed by atoms with E-state index < -0.39 is 0 Å². The molecule has 0 aliphatic heterocycles. The van der Waals surface area contributed by atoms with Crippen molar-refractivity contribution in [1.82, 2.24) is 0 Å². The van der Waals surface area contributed by atoms with Crippen LogP contribution in [-0.2, 0) is 4.74 Å². The Bertz CT molecular complexity index is 561. The highest BCUT2D eigenvalue weighted by Gasteiger charge is 2.53. The van der Waals surface area contributed by atoms with Gasteiger partial charge in [-0.1, -0.05) is 0 Å². The van der Waals surface area contributed by atoms with Gasteiger partial charge in [0.25, 0.3) is 0 Å². The van der Waals surface area contributed by atoms with Gasteiger partial charge in [-0.25, -0.2) is 4.79 Å². The summed E-state index contributed by atoms with van der Waals surface area (Å²) in [5.41, 5.74) is 12.8. The molecule has 4 nitrogen and oxygen atoms in total. The molecule has 0 atom stereocenters. The van der Waals surface area contributed by atoms with Gasteiger partial charge in [-0.05, 0) is 74.5 Å². The highest BCUT2D eigenvalue weighted by molar-refractivity contribution is 5.96. The molecular formula is C17H22N2O2. The SMILES string of the molecule is Nc1ccc(N)c(C(=O)OC23CC4CC(CC(C4)C2)C3)c1. The molecule has 5 rings (SSSR count). The van der Waals surface area contributed by atoms with E-state index in [9.17, 15) is 4.79 Å². The van der Waals surface area contributed by atoms with Crippen LogP contribution < -0.4 is 11.5 Å². The monoisotopic (exact) mass is 286 g/mol. The second-order valence-corrected chi connectivity index (χ2v) is 7.34. The van der Waals surface area contributed by atoms with Crippen LogP contribution in [0.1, 0.15) is 48.9 Å². The second kappa shape index (κ2) is 4.39. The summed E-state index contributed by atoms with van der Waals surface area (Å²) in [5.74, 6) is 1.95. The van der Waals surface area contributed by atoms with Crippen molar-refractivity contribution in [3.8, 4) is 0 Å². The fraction of sp³-hybridized carbons (Fsp3) is 0.588. The van der Waals surface area contributed by atoms with Crippen molar-refractivity contribution in [1.29, 1.82) is 0 Å². The molecule has 4 heteroatoms. The Hall–Kier alpha value is -1.71. The van der Waals surface area contributed by atoms with E-state index >= 15 is 0 Å². The van der Waals surface area contributed by atoms with Crippen molar-refractivity contribution in [3.63, 3.8) is 0 Å². The summed E-state index contributed by atoms with van der Waals surface area (Å²) in [6, 6.07) is 5.00. The number of nitrogen functional groups attached to an aromatic ring is 2. The Morgan fingerprint density at radius 3 is 2.19 bits per heavy atom. The number of rotatable bonds is 2. The number of nitrogens with two attached hydrogens (primary N) is 2. The first-order chi connectivity index (χ1) is 10.0. The highest BCUT2D eigenvalue weighted by Crippen LogP contribution is 2.57. The number of benzene rings is 1. The summed E-state index contributed by atoms with van der Waals surface area (Å²) in [7, 11) is 0. The van der Waals surface area contributed by atoms with Crippen LogP contribution in [0, 0.1) is 17.8 Å². The van der Waals surface area contributed by atoms with E-state index in [1.54, 1.807) is 18.2 Å². The Kier molecular flexibility index (Phi) is 2.72. The first-order valence-corrected chi connectivity index (χ1v) is 7.91. The lowest BCUT2D eigenvalue weighted by Crippen LogP contribution is -2.52. The zero-order valence-electron chi connectivity index (χ0n) is 12.2. The lowest BCUT2D eigenvalue weighted by molar-refractivity contribution is -0.131. The smallest absolute Gasteiger partial charge is 0.340 e. The maximum Gasteiger partial charge on any atom is 0.340 e. The average molecular weight is 286 g/mol. The lowest BCUT2D eigenvalue weighted by Gasteiger charge is -2.55. The first kappa shape index (κ1) is 13.0. The molecule has 21 heavy (non-hydrogen) atoms. The summed E-state index contributed by atoms with van der Waals surface area (Å²) in [5, 5.41) is 0. The molecule has 112 valence electrons. The number of carbonyl (C=O) groups is 1. The molecule has 0 heterocycles. The van der Waals surface area contributed by atoms with E-state index in [-0.39, 0.29) is 11.6 Å². The summed E-state index contributed by atoms with van der Waals surface area (Å²) in [6.45, 7) is 0. The maximum atomic E-state index is 12.5. The Morgan fingerprint density at radius 1 is 1.05 bits per heavy atom. The summed E-state index contributed by atoms with van der Waals surface area (Å²) < 4.78 is 6.00. The minimum absolute atomic E-state index is 0.233. The Labute approximate surface area is 124 Å². The molecule has 4 saturated carbocycles. The number of esters is 1. The van der Waals surface area contributed by atoms with Crippen molar-refractivity contribution >= 4 is 17.3 Å². The van der Waals surface area contributed by atoms with Crippen LogP contribution >= 0.6 is 0 Å². The summed E-state index contributed by atoms with van der Waals surface area (Å²) >= 11 is 0. The third kappa shape index (κ3) is 2.17. The van der Waals surface area contributed by atoms with Gasteiger partial charge in [0.1, 0.15) is 5.60 Å². The molecule has 4 N–H and O–H groups in total. The van der Waals surface area contributed by atoms with Crippen LogP contribution in [-0.4, -0.2) is 11.6 Å². The van der Waals surface area contributed by atoms with Crippen molar-refractivity contribution in [2.24, 2.45) is 17.8 Å². The molecule has 4 aliphatic rings. The van der Waals surface area contributed by atoms with Gasteiger partial charge in [0.15, 0.2) is 0 Å². The highest BCUT2D eigenvalue weighted by atomic mass is 16.6. The van der Waals surface area contributed by atoms with Gasteiger partial charge in [0.05, 0.1) is 5.56 Å². The van der Waals surface area contributed by atoms with Crippen molar-refractivity contribution < 1.29 is 9.53 Å². The molecule has 0 saturated heterocycles. The largest absolute Gasteiger partial charge is 0.455 e. The van der Waals surface area contributed by atoms with Gasteiger partial charge in [0, 0.05) is 11.4 Å². The van der Waals surface area contributed by atoms with Crippen molar-refractivity contribution in [2.75, 3.05) is 11.5 Å². The van der Waals surface area contributed by atoms with E-state index in [1.165, 1.54) is 19.3 Å². The molecule has 4 aliphatic carbocycles. The molecule has 0 aromatic heterocycles. The number of hydrogen-bond donors (Lipinski definition) is 2. The van der Waals surface area contributed by atoms with Crippen LogP contribution in [0.15, 0.2) is 18.2 Å². The molecule has 0 spiro atoms. The molecule has 1 aromatic carbocycles. The van der Waals surface area contributed by atoms with E-state index in [2.05, 4.69) is 0 Å². The number of ether oxygens (including phenoxy) is 1. The predicted molar refractivity (Wildman–Crippen MR) is 81.6 cm³/mol. The third-order valence-corrected chi connectivity index (χ3v) is 5.59. The molecular weight excluding hydrogens is 264 g/mol. The minimum atomic E-state index is -0.304. The molecule has 4 fully saturated rings. The van der Waals surface area contributed by atoms with Gasteiger partial charge in [-0.2, -0.15) is 0 Å². The Morgan fingerprint density at radius 2 is 1.62 bits per heavy atom. The number of hydrogen-bond acceptors (Lipinski definition) is 4. The van der Waals surface area contributed by atoms with Crippen LogP contribution in [0.5, 0.6) is 0 Å². The second-order valence-electron chi connectivity index (χ2n) is 7.34. The number of carbonyl (C=O) groups excluding carboxylic acids is 1. The van der Waals surface area contributed by atoms with E-state index in [0.29, 0.717) is 16.9 Å². The summed E-state index contributed by atoms with van der Waals surface area (Å²) in [4.78, 5) is 12.5. The first-order valence-electron chi connectivity index (χ1n) is 7.91. The Balaban J connectivity index is 1.58. The van der Waals surface area contributed by atoms with Gasteiger partial charge >= 0.3 is 5.97 Å². The fourth-order valence-electron chi connectivity index (χ4n) is 5.16. The van der Waals surface area contributed by atoms with Gasteiger partial charge in [-0.15, -0.1) is 0 Å². The van der Waals surface area contributed by atoms with Gasteiger partial charge in [-0.3, -0.25) is 0 Å². The average Bonchev–Trinajstić information content (AvgIpc) is 2.39. The lowest BCUT2D eigenvalue weighted by atomic mass is 9.54. The van der Waals surface area contributed by atoms with Gasteiger partial charge in [0.2, 0.25) is 0 Å². The van der Waals surface area contributed by atoms with E-state index in [1.807, 2.05) is 0 Å². The molecule has 0 unspecified atom stereocenters. The van der Waals surface area contributed by atoms with Crippen LogP contribution in [0.4, 0.5) is 11.4 Å². The zero-order chi connectivity index (χ0) is 14.6. The van der Waals surface area contributed by atoms with Gasteiger partial charge < -0.3 is 16.2 Å². The number of anilines is 2. The normalized spacial score (nSPS) is 36.7. The summed E-state index contributed by atoms with van der Waals surface area (Å²) in [6.07, 6.45) is 7.10. The molecule has 1 aromatic rings. The topological polar surface area (TPSA) is 78.3 Å². The maximum absolute atomic E-state index is 12.5. The van der Waals surface area contributed by atoms with Crippen molar-refractivity contribution in [2.45, 2.75) is 44.1 Å². The zero-order valence-corrected chi connectivity index (χ0v) is 12.2. The third-order valence-electron chi connectivity index (χ3n) is 5.59. The molecule has 0 radical (unpaired) electrons. The van der Waals surface area contributed by atoms with E-state index in [4.69, 9.17) is 16.2 Å². The molecule has 4 bridgehead atoms.